The number of amides is 1. The monoisotopic (exact) mass is 405 g/mol. The van der Waals surface area contributed by atoms with Gasteiger partial charge < -0.3 is 0 Å². The van der Waals surface area contributed by atoms with Crippen molar-refractivity contribution in [3.05, 3.63) is 70.8 Å². The lowest BCUT2D eigenvalue weighted by atomic mass is 10.1. The predicted octanol–water partition coefficient (Wildman–Crippen LogP) is 4.68. The van der Waals surface area contributed by atoms with Crippen LogP contribution in [0.1, 0.15) is 39.9 Å². The van der Waals surface area contributed by atoms with Crippen molar-refractivity contribution in [2.24, 2.45) is 0 Å². The van der Waals surface area contributed by atoms with E-state index >= 15 is 0 Å². The highest BCUT2D eigenvalue weighted by molar-refractivity contribution is 7.22. The van der Waals surface area contributed by atoms with Crippen LogP contribution in [-0.2, 0) is 13.1 Å². The zero-order valence-electron chi connectivity index (χ0n) is 17.0. The van der Waals surface area contributed by atoms with Gasteiger partial charge in [-0.3, -0.25) is 19.4 Å². The summed E-state index contributed by atoms with van der Waals surface area (Å²) in [6, 6.07) is 11.8. The van der Waals surface area contributed by atoms with Crippen LogP contribution in [-0.4, -0.2) is 25.7 Å². The van der Waals surface area contributed by atoms with Crippen molar-refractivity contribution < 1.29 is 4.79 Å². The van der Waals surface area contributed by atoms with E-state index in [2.05, 4.69) is 36.1 Å². The number of hydrogen-bond acceptors (Lipinski definition) is 5. The Kier molecular flexibility index (Phi) is 5.15. The van der Waals surface area contributed by atoms with Gasteiger partial charge in [0.2, 0.25) is 0 Å². The van der Waals surface area contributed by atoms with Gasteiger partial charge in [0.15, 0.2) is 5.13 Å². The first kappa shape index (κ1) is 19.3. The average Bonchev–Trinajstić information content (AvgIpc) is 3.29. The molecule has 0 atom stereocenters. The van der Waals surface area contributed by atoms with Crippen LogP contribution in [0.5, 0.6) is 0 Å². The molecule has 1 amide bonds. The van der Waals surface area contributed by atoms with E-state index in [1.54, 1.807) is 15.8 Å². The van der Waals surface area contributed by atoms with Crippen molar-refractivity contribution in [2.45, 2.75) is 40.8 Å². The minimum absolute atomic E-state index is 0.119. The second kappa shape index (κ2) is 7.75. The average molecular weight is 406 g/mol. The van der Waals surface area contributed by atoms with Crippen LogP contribution in [0.15, 0.2) is 42.6 Å². The molecule has 4 aromatic rings. The summed E-state index contributed by atoms with van der Waals surface area (Å²) in [7, 11) is 0. The normalized spacial score (nSPS) is 11.2. The molecule has 6 nitrogen and oxygen atoms in total. The molecule has 0 unspecified atom stereocenters. The fourth-order valence-electron chi connectivity index (χ4n) is 3.45. The van der Waals surface area contributed by atoms with Gasteiger partial charge in [-0.2, -0.15) is 5.10 Å². The van der Waals surface area contributed by atoms with Crippen LogP contribution < -0.4 is 4.90 Å². The summed E-state index contributed by atoms with van der Waals surface area (Å²) < 4.78 is 2.82. The third-order valence-corrected chi connectivity index (χ3v) is 5.79. The number of thiazole rings is 1. The summed E-state index contributed by atoms with van der Waals surface area (Å²) in [6.45, 7) is 8.99. The van der Waals surface area contributed by atoms with Gasteiger partial charge in [0.1, 0.15) is 5.69 Å². The number of rotatable bonds is 5. The molecule has 0 spiro atoms. The molecule has 3 aromatic heterocycles. The van der Waals surface area contributed by atoms with E-state index in [4.69, 9.17) is 4.98 Å². The molecule has 29 heavy (non-hydrogen) atoms. The van der Waals surface area contributed by atoms with Crippen LogP contribution in [0.2, 0.25) is 0 Å². The smallest absolute Gasteiger partial charge is 0.277 e. The van der Waals surface area contributed by atoms with E-state index in [1.165, 1.54) is 16.9 Å². The second-order valence-electron chi connectivity index (χ2n) is 7.12. The SMILES string of the molecule is CCn1nc(C)cc1C(=O)N(Cc1ccccn1)c1nc2c(C)cc(C)cc2s1. The second-order valence-corrected chi connectivity index (χ2v) is 8.13. The Morgan fingerprint density at radius 1 is 1.17 bits per heavy atom. The summed E-state index contributed by atoms with van der Waals surface area (Å²) in [5.41, 5.74) is 5.44. The number of nitrogens with zero attached hydrogens (tertiary/aromatic N) is 5. The van der Waals surface area contributed by atoms with E-state index in [0.29, 0.717) is 23.9 Å². The highest BCUT2D eigenvalue weighted by Gasteiger charge is 2.25. The molecule has 0 radical (unpaired) electrons. The summed E-state index contributed by atoms with van der Waals surface area (Å²) in [6.07, 6.45) is 1.74. The number of pyridine rings is 1. The molecule has 0 N–H and O–H groups in total. The van der Waals surface area contributed by atoms with Crippen molar-refractivity contribution in [1.82, 2.24) is 19.7 Å². The molecule has 7 heteroatoms. The molecule has 4 rings (SSSR count). The number of aromatic nitrogens is 4. The van der Waals surface area contributed by atoms with Gasteiger partial charge in [-0.15, -0.1) is 0 Å². The lowest BCUT2D eigenvalue weighted by molar-refractivity contribution is 0.0974. The first-order valence-electron chi connectivity index (χ1n) is 9.60. The van der Waals surface area contributed by atoms with Crippen molar-refractivity contribution >= 4 is 32.6 Å². The van der Waals surface area contributed by atoms with E-state index in [9.17, 15) is 4.79 Å². The van der Waals surface area contributed by atoms with Gasteiger partial charge in [0.05, 0.1) is 28.1 Å². The maximum Gasteiger partial charge on any atom is 0.278 e. The molecule has 3 heterocycles. The third-order valence-electron chi connectivity index (χ3n) is 4.76. The zero-order chi connectivity index (χ0) is 20.5. The molecular weight excluding hydrogens is 382 g/mol. The van der Waals surface area contributed by atoms with Gasteiger partial charge in [-0.05, 0) is 63.1 Å². The molecule has 0 aliphatic heterocycles. The molecule has 0 aliphatic rings. The highest BCUT2D eigenvalue weighted by Crippen LogP contribution is 2.33. The van der Waals surface area contributed by atoms with E-state index in [0.717, 1.165) is 27.2 Å². The summed E-state index contributed by atoms with van der Waals surface area (Å²) in [4.78, 5) is 24.5. The van der Waals surface area contributed by atoms with Crippen molar-refractivity contribution in [3.63, 3.8) is 0 Å². The van der Waals surface area contributed by atoms with Gasteiger partial charge >= 0.3 is 0 Å². The van der Waals surface area contributed by atoms with Crippen molar-refractivity contribution in [2.75, 3.05) is 4.90 Å². The molecule has 148 valence electrons. The lowest BCUT2D eigenvalue weighted by Gasteiger charge is -2.19. The quantitative estimate of drug-likeness (QED) is 0.484. The summed E-state index contributed by atoms with van der Waals surface area (Å²) in [5, 5.41) is 5.11. The summed E-state index contributed by atoms with van der Waals surface area (Å²) >= 11 is 1.53. The molecule has 0 saturated carbocycles. The van der Waals surface area contributed by atoms with Gasteiger partial charge in [0, 0.05) is 12.7 Å². The predicted molar refractivity (Wildman–Crippen MR) is 116 cm³/mol. The fraction of sp³-hybridized carbons (Fsp3) is 0.273. The minimum Gasteiger partial charge on any atom is -0.277 e. The standard InChI is InChI=1S/C22H23N5OS/c1-5-27-18(12-16(4)25-27)21(28)26(13-17-8-6-7-9-23-17)22-24-20-15(3)10-14(2)11-19(20)29-22/h6-12H,5,13H2,1-4H3. The number of benzene rings is 1. The number of carbonyl (C=O) groups excluding carboxylic acids is 1. The maximum atomic E-state index is 13.6. The Hall–Kier alpha value is -3.06. The number of anilines is 1. The molecule has 1 aromatic carbocycles. The van der Waals surface area contributed by atoms with Crippen LogP contribution in [0.25, 0.3) is 10.2 Å². The van der Waals surface area contributed by atoms with Crippen LogP contribution in [0.3, 0.4) is 0 Å². The van der Waals surface area contributed by atoms with Crippen LogP contribution >= 0.6 is 11.3 Å². The Bertz CT molecular complexity index is 1180. The van der Waals surface area contributed by atoms with Gasteiger partial charge in [0.25, 0.3) is 5.91 Å². The maximum absolute atomic E-state index is 13.6. The molecule has 0 saturated heterocycles. The number of aryl methyl sites for hydroxylation is 4. The van der Waals surface area contributed by atoms with Crippen LogP contribution in [0.4, 0.5) is 5.13 Å². The lowest BCUT2D eigenvalue weighted by Crippen LogP contribution is -2.32. The number of carbonyl (C=O) groups is 1. The molecule has 0 aliphatic carbocycles. The topological polar surface area (TPSA) is 63.9 Å². The first-order chi connectivity index (χ1) is 14.0. The number of hydrogen-bond donors (Lipinski definition) is 0. The Morgan fingerprint density at radius 2 is 2.00 bits per heavy atom. The van der Waals surface area contributed by atoms with Gasteiger partial charge in [-0.1, -0.05) is 23.5 Å². The molecule has 0 fully saturated rings. The fourth-order valence-corrected chi connectivity index (χ4v) is 4.59. The van der Waals surface area contributed by atoms with Crippen LogP contribution in [0, 0.1) is 20.8 Å². The zero-order valence-corrected chi connectivity index (χ0v) is 17.8. The van der Waals surface area contributed by atoms with E-state index < -0.39 is 0 Å². The molecular formula is C22H23N5OS. The Labute approximate surface area is 173 Å². The largest absolute Gasteiger partial charge is 0.278 e. The Morgan fingerprint density at radius 3 is 2.72 bits per heavy atom. The van der Waals surface area contributed by atoms with Crippen molar-refractivity contribution in [1.29, 1.82) is 0 Å². The molecule has 0 bridgehead atoms. The first-order valence-corrected chi connectivity index (χ1v) is 10.4. The summed E-state index contributed by atoms with van der Waals surface area (Å²) in [5.74, 6) is -0.119. The highest BCUT2D eigenvalue weighted by atomic mass is 32.1. The van der Waals surface area contributed by atoms with Gasteiger partial charge in [-0.25, -0.2) is 4.98 Å². The Balaban J connectivity index is 1.82. The number of fused-ring (bicyclic) bond motifs is 1. The third kappa shape index (κ3) is 3.78. The van der Waals surface area contributed by atoms with E-state index in [1.807, 2.05) is 38.1 Å². The van der Waals surface area contributed by atoms with Crippen molar-refractivity contribution in [3.8, 4) is 0 Å². The minimum atomic E-state index is -0.119. The van der Waals surface area contributed by atoms with E-state index in [-0.39, 0.29) is 5.91 Å².